The van der Waals surface area contributed by atoms with Crippen LogP contribution in [-0.4, -0.2) is 44.0 Å². The molecule has 1 aliphatic heterocycles. The maximum atomic E-state index is 12.7. The molecular formula is C18H13Cl2N3O4S. The van der Waals surface area contributed by atoms with E-state index in [1.54, 1.807) is 41.1 Å². The van der Waals surface area contributed by atoms with Crippen molar-refractivity contribution < 1.29 is 19.5 Å². The number of amides is 2. The van der Waals surface area contributed by atoms with Gasteiger partial charge < -0.3 is 9.67 Å². The van der Waals surface area contributed by atoms with E-state index in [2.05, 4.69) is 5.32 Å². The molecule has 0 unspecified atom stereocenters. The maximum absolute atomic E-state index is 12.7. The summed E-state index contributed by atoms with van der Waals surface area (Å²) in [5, 5.41) is 12.0. The number of benzene rings is 1. The minimum absolute atomic E-state index is 0.120. The number of thiocarbonyl (C=S) groups is 1. The van der Waals surface area contributed by atoms with Gasteiger partial charge in [0.1, 0.15) is 5.57 Å². The van der Waals surface area contributed by atoms with Crippen molar-refractivity contribution in [1.29, 1.82) is 0 Å². The molecule has 1 saturated heterocycles. The lowest BCUT2D eigenvalue weighted by molar-refractivity contribution is -0.137. The van der Waals surface area contributed by atoms with Crippen LogP contribution >= 0.6 is 35.4 Å². The highest BCUT2D eigenvalue weighted by Gasteiger charge is 2.33. The van der Waals surface area contributed by atoms with Crippen molar-refractivity contribution in [3.63, 3.8) is 0 Å². The van der Waals surface area contributed by atoms with E-state index in [4.69, 9.17) is 40.5 Å². The largest absolute Gasteiger partial charge is 0.481 e. The number of nitrogens with one attached hydrogen (secondary N) is 1. The molecule has 3 rings (SSSR count). The van der Waals surface area contributed by atoms with E-state index < -0.39 is 17.8 Å². The van der Waals surface area contributed by atoms with Gasteiger partial charge >= 0.3 is 5.97 Å². The molecular weight excluding hydrogens is 425 g/mol. The molecule has 0 atom stereocenters. The SMILES string of the molecule is O=C(O)CCN1C(=O)C(=Cc2cccn2-c2cc(Cl)cc(Cl)c2)C(=O)NC1=S. The fraction of sp³-hybridized carbons (Fsp3) is 0.111. The third-order valence-corrected chi connectivity index (χ3v) is 4.69. The number of carbonyl (C=O) groups is 3. The summed E-state index contributed by atoms with van der Waals surface area (Å²) < 4.78 is 1.71. The summed E-state index contributed by atoms with van der Waals surface area (Å²) in [6, 6.07) is 8.41. The molecule has 0 aliphatic carbocycles. The Morgan fingerprint density at radius 3 is 2.54 bits per heavy atom. The Kier molecular flexibility index (Phi) is 5.83. The zero-order chi connectivity index (χ0) is 20.4. The fourth-order valence-electron chi connectivity index (χ4n) is 2.68. The van der Waals surface area contributed by atoms with E-state index in [1.807, 2.05) is 0 Å². The standard InChI is InChI=1S/C18H13Cl2N3O4S/c19-10-6-11(20)8-13(7-10)22-4-1-2-12(22)9-14-16(26)21-18(28)23(17(14)27)5-3-15(24)25/h1-2,4,6-9H,3,5H2,(H,24,25)(H,21,26,28). The molecule has 2 heterocycles. The highest BCUT2D eigenvalue weighted by Crippen LogP contribution is 2.24. The molecule has 1 aliphatic rings. The summed E-state index contributed by atoms with van der Waals surface area (Å²) >= 11 is 17.1. The fourth-order valence-corrected chi connectivity index (χ4v) is 3.46. The first-order valence-electron chi connectivity index (χ1n) is 8.01. The second-order valence-electron chi connectivity index (χ2n) is 5.85. The highest BCUT2D eigenvalue weighted by molar-refractivity contribution is 7.80. The Balaban J connectivity index is 1.97. The van der Waals surface area contributed by atoms with Crippen molar-refractivity contribution in [2.75, 3.05) is 6.54 Å². The van der Waals surface area contributed by atoms with Crippen molar-refractivity contribution in [2.45, 2.75) is 6.42 Å². The van der Waals surface area contributed by atoms with Crippen LogP contribution in [0.15, 0.2) is 42.1 Å². The number of hydrogen-bond donors (Lipinski definition) is 2. The molecule has 0 bridgehead atoms. The van der Waals surface area contributed by atoms with Crippen LogP contribution in [0.4, 0.5) is 0 Å². The van der Waals surface area contributed by atoms with Crippen molar-refractivity contribution in [1.82, 2.24) is 14.8 Å². The number of aromatic nitrogens is 1. The lowest BCUT2D eigenvalue weighted by atomic mass is 10.1. The van der Waals surface area contributed by atoms with Gasteiger partial charge in [0.05, 0.1) is 6.42 Å². The quantitative estimate of drug-likeness (QED) is 0.426. The second-order valence-corrected chi connectivity index (χ2v) is 7.11. The van der Waals surface area contributed by atoms with Crippen molar-refractivity contribution >= 4 is 64.4 Å². The predicted molar refractivity (Wildman–Crippen MR) is 108 cm³/mol. The van der Waals surface area contributed by atoms with E-state index in [1.165, 1.54) is 6.08 Å². The normalized spacial score (nSPS) is 15.9. The Morgan fingerprint density at radius 1 is 1.21 bits per heavy atom. The van der Waals surface area contributed by atoms with Crippen LogP contribution in [0.3, 0.4) is 0 Å². The third-order valence-electron chi connectivity index (χ3n) is 3.93. The highest BCUT2D eigenvalue weighted by atomic mass is 35.5. The first-order valence-corrected chi connectivity index (χ1v) is 9.17. The van der Waals surface area contributed by atoms with Crippen LogP contribution < -0.4 is 5.32 Å². The zero-order valence-corrected chi connectivity index (χ0v) is 16.5. The van der Waals surface area contributed by atoms with Gasteiger partial charge in [0.15, 0.2) is 5.11 Å². The molecule has 1 aromatic carbocycles. The maximum Gasteiger partial charge on any atom is 0.305 e. The van der Waals surface area contributed by atoms with E-state index >= 15 is 0 Å². The summed E-state index contributed by atoms with van der Waals surface area (Å²) in [6.07, 6.45) is 2.83. The van der Waals surface area contributed by atoms with E-state index in [0.717, 1.165) is 4.90 Å². The molecule has 28 heavy (non-hydrogen) atoms. The van der Waals surface area contributed by atoms with Gasteiger partial charge in [-0.2, -0.15) is 0 Å². The van der Waals surface area contributed by atoms with Crippen LogP contribution in [0.25, 0.3) is 11.8 Å². The Bertz CT molecular complexity index is 1010. The minimum atomic E-state index is -1.08. The summed E-state index contributed by atoms with van der Waals surface area (Å²) in [7, 11) is 0. The summed E-state index contributed by atoms with van der Waals surface area (Å²) in [4.78, 5) is 36.9. The minimum Gasteiger partial charge on any atom is -0.481 e. The molecule has 7 nitrogen and oxygen atoms in total. The van der Waals surface area contributed by atoms with Gasteiger partial charge in [-0.15, -0.1) is 0 Å². The van der Waals surface area contributed by atoms with Crippen LogP contribution in [-0.2, 0) is 14.4 Å². The average molecular weight is 438 g/mol. The lowest BCUT2D eigenvalue weighted by Crippen LogP contribution is -2.54. The van der Waals surface area contributed by atoms with Crippen LogP contribution in [0.2, 0.25) is 10.0 Å². The van der Waals surface area contributed by atoms with E-state index in [-0.39, 0.29) is 23.7 Å². The Hall–Kier alpha value is -2.68. The molecule has 2 amide bonds. The Morgan fingerprint density at radius 2 is 1.89 bits per heavy atom. The molecule has 0 saturated carbocycles. The molecule has 1 fully saturated rings. The van der Waals surface area contributed by atoms with Crippen molar-refractivity contribution in [2.24, 2.45) is 0 Å². The second kappa shape index (κ2) is 8.14. The number of carboxylic acid groups (broad SMARTS) is 1. The first kappa shape index (κ1) is 20.1. The van der Waals surface area contributed by atoms with Gasteiger partial charge in [-0.3, -0.25) is 24.6 Å². The number of aliphatic carboxylic acids is 1. The number of carbonyl (C=O) groups excluding carboxylic acids is 2. The monoisotopic (exact) mass is 437 g/mol. The van der Waals surface area contributed by atoms with E-state index in [9.17, 15) is 14.4 Å². The van der Waals surface area contributed by atoms with Gasteiger partial charge in [-0.25, -0.2) is 0 Å². The summed E-state index contributed by atoms with van der Waals surface area (Å²) in [5.41, 5.74) is 1.02. The average Bonchev–Trinajstić information content (AvgIpc) is 3.05. The summed E-state index contributed by atoms with van der Waals surface area (Å²) in [5.74, 6) is -2.39. The van der Waals surface area contributed by atoms with Crippen molar-refractivity contribution in [3.05, 3.63) is 57.8 Å². The third kappa shape index (κ3) is 4.24. The van der Waals surface area contributed by atoms with E-state index in [0.29, 0.717) is 21.4 Å². The van der Waals surface area contributed by atoms with Gasteiger partial charge in [0.2, 0.25) is 0 Å². The van der Waals surface area contributed by atoms with Gasteiger partial charge in [-0.1, -0.05) is 23.2 Å². The number of hydrogen-bond acceptors (Lipinski definition) is 4. The van der Waals surface area contributed by atoms with Crippen LogP contribution in [0.1, 0.15) is 12.1 Å². The topological polar surface area (TPSA) is 91.6 Å². The number of rotatable bonds is 5. The predicted octanol–water partition coefficient (Wildman–Crippen LogP) is 2.89. The van der Waals surface area contributed by atoms with Gasteiger partial charge in [-0.05, 0) is 48.6 Å². The molecule has 0 radical (unpaired) electrons. The first-order chi connectivity index (χ1) is 13.3. The zero-order valence-electron chi connectivity index (χ0n) is 14.2. The lowest BCUT2D eigenvalue weighted by Gasteiger charge is -2.28. The Labute approximate surface area is 175 Å². The van der Waals surface area contributed by atoms with Gasteiger partial charge in [0.25, 0.3) is 11.8 Å². The summed E-state index contributed by atoms with van der Waals surface area (Å²) in [6.45, 7) is -0.143. The van der Waals surface area contributed by atoms with Crippen molar-refractivity contribution in [3.8, 4) is 5.69 Å². The molecule has 2 aromatic rings. The molecule has 0 spiro atoms. The van der Waals surface area contributed by atoms with Gasteiger partial charge in [0, 0.05) is 34.2 Å². The van der Waals surface area contributed by atoms with Crippen LogP contribution in [0, 0.1) is 0 Å². The molecule has 2 N–H and O–H groups in total. The molecule has 10 heteroatoms. The molecule has 144 valence electrons. The van der Waals surface area contributed by atoms with Crippen LogP contribution in [0.5, 0.6) is 0 Å². The number of halogens is 2. The smallest absolute Gasteiger partial charge is 0.305 e. The number of nitrogens with zero attached hydrogens (tertiary/aromatic N) is 2. The molecule has 1 aromatic heterocycles. The number of carboxylic acids is 1.